The number of hydrogen-bond donors (Lipinski definition) is 1. The van der Waals surface area contributed by atoms with E-state index in [9.17, 15) is 10.1 Å². The summed E-state index contributed by atoms with van der Waals surface area (Å²) >= 11 is 2.38. The van der Waals surface area contributed by atoms with Gasteiger partial charge in [0.15, 0.2) is 0 Å². The summed E-state index contributed by atoms with van der Waals surface area (Å²) in [5.74, 6) is 0. The van der Waals surface area contributed by atoms with Crippen molar-refractivity contribution in [3.05, 3.63) is 67.8 Å². The topological polar surface area (TPSA) is 58.4 Å². The minimum absolute atomic E-state index is 0.152. The quantitative estimate of drug-likeness (QED) is 0.431. The molecule has 0 bridgehead atoms. The Morgan fingerprint density at radius 2 is 1.79 bits per heavy atom. The van der Waals surface area contributed by atoms with Crippen molar-refractivity contribution in [1.82, 2.24) is 4.90 Å². The van der Waals surface area contributed by atoms with Crippen molar-refractivity contribution in [1.29, 1.82) is 0 Å². The van der Waals surface area contributed by atoms with Crippen LogP contribution in [0.15, 0.2) is 48.5 Å². The van der Waals surface area contributed by atoms with Gasteiger partial charge in [0.05, 0.1) is 4.92 Å². The highest BCUT2D eigenvalue weighted by molar-refractivity contribution is 14.1. The van der Waals surface area contributed by atoms with Gasteiger partial charge in [-0.2, -0.15) is 0 Å². The lowest BCUT2D eigenvalue weighted by atomic mass is 10.0. The van der Waals surface area contributed by atoms with E-state index in [0.717, 1.165) is 32.5 Å². The van der Waals surface area contributed by atoms with Crippen LogP contribution in [0.25, 0.3) is 0 Å². The Morgan fingerprint density at radius 3 is 2.50 bits per heavy atom. The monoisotopic (exact) mass is 437 g/mol. The van der Waals surface area contributed by atoms with E-state index in [1.165, 1.54) is 9.13 Å². The molecule has 0 amide bonds. The number of nitrogens with one attached hydrogen (secondary N) is 1. The molecule has 1 fully saturated rings. The van der Waals surface area contributed by atoms with Crippen LogP contribution in [0.4, 0.5) is 11.4 Å². The molecular weight excluding hydrogens is 417 g/mol. The molecule has 1 aliphatic heterocycles. The molecule has 126 valence electrons. The van der Waals surface area contributed by atoms with Gasteiger partial charge in [0.2, 0.25) is 0 Å². The van der Waals surface area contributed by atoms with E-state index in [1.807, 2.05) is 6.07 Å². The maximum Gasteiger partial charge on any atom is 0.292 e. The van der Waals surface area contributed by atoms with Crippen LogP contribution in [0.5, 0.6) is 0 Å². The molecule has 2 aromatic carbocycles. The lowest BCUT2D eigenvalue weighted by molar-refractivity contribution is -0.384. The second-order valence-electron chi connectivity index (χ2n) is 6.06. The van der Waals surface area contributed by atoms with Gasteiger partial charge >= 0.3 is 0 Å². The molecule has 0 unspecified atom stereocenters. The van der Waals surface area contributed by atoms with E-state index in [1.54, 1.807) is 18.2 Å². The number of anilines is 1. The molecule has 1 saturated heterocycles. The molecule has 2 aromatic rings. The predicted molar refractivity (Wildman–Crippen MR) is 104 cm³/mol. The van der Waals surface area contributed by atoms with Crippen LogP contribution in [0.2, 0.25) is 0 Å². The molecule has 0 aliphatic carbocycles. The molecule has 5 nitrogen and oxygen atoms in total. The minimum Gasteiger partial charge on any atom is -0.377 e. The van der Waals surface area contributed by atoms with Crippen molar-refractivity contribution in [3.8, 4) is 0 Å². The van der Waals surface area contributed by atoms with E-state index in [4.69, 9.17) is 0 Å². The molecule has 24 heavy (non-hydrogen) atoms. The number of benzene rings is 2. The summed E-state index contributed by atoms with van der Waals surface area (Å²) < 4.78 is 1.30. The number of likely N-dealkylation sites (tertiary alicyclic amines) is 1. The second-order valence-corrected chi connectivity index (χ2v) is 7.22. The molecule has 0 atom stereocenters. The first-order chi connectivity index (χ1) is 11.6. The van der Waals surface area contributed by atoms with Gasteiger partial charge in [-0.15, -0.1) is 0 Å². The third kappa shape index (κ3) is 4.24. The van der Waals surface area contributed by atoms with Crippen molar-refractivity contribution >= 4 is 34.0 Å². The Bertz CT molecular complexity index is 715. The standard InChI is InChI=1S/C18H20IN3O2/c19-16-6-2-1-5-14(16)13-21-11-9-15(10-12-21)20-17-7-3-4-8-18(17)22(23)24/h1-8,15,20H,9-13H2. The number of para-hydroxylation sites is 2. The van der Waals surface area contributed by atoms with Crippen LogP contribution in [0, 0.1) is 13.7 Å². The first-order valence-corrected chi connectivity index (χ1v) is 9.17. The number of halogens is 1. The van der Waals surface area contributed by atoms with E-state index < -0.39 is 0 Å². The van der Waals surface area contributed by atoms with Gasteiger partial charge in [0.1, 0.15) is 5.69 Å². The zero-order valence-corrected chi connectivity index (χ0v) is 15.5. The van der Waals surface area contributed by atoms with Crippen LogP contribution in [0.3, 0.4) is 0 Å². The molecular formula is C18H20IN3O2. The zero-order valence-electron chi connectivity index (χ0n) is 13.3. The third-order valence-corrected chi connectivity index (χ3v) is 5.45. The van der Waals surface area contributed by atoms with Crippen molar-refractivity contribution < 1.29 is 4.92 Å². The number of nitro groups is 1. The molecule has 1 N–H and O–H groups in total. The fourth-order valence-corrected chi connectivity index (χ4v) is 3.64. The summed E-state index contributed by atoms with van der Waals surface area (Å²) in [5.41, 5.74) is 2.14. The van der Waals surface area contributed by atoms with Gasteiger partial charge in [-0.05, 0) is 53.1 Å². The number of nitro benzene ring substituents is 1. The number of nitrogens with zero attached hydrogens (tertiary/aromatic N) is 2. The smallest absolute Gasteiger partial charge is 0.292 e. The highest BCUT2D eigenvalue weighted by Gasteiger charge is 2.22. The highest BCUT2D eigenvalue weighted by Crippen LogP contribution is 2.26. The SMILES string of the molecule is O=[N+]([O-])c1ccccc1NC1CCN(Cc2ccccc2I)CC1. The normalized spacial score (nSPS) is 16.0. The number of piperidine rings is 1. The molecule has 3 rings (SSSR count). The van der Waals surface area contributed by atoms with Gasteiger partial charge in [-0.25, -0.2) is 0 Å². The maximum atomic E-state index is 11.1. The van der Waals surface area contributed by atoms with Gasteiger partial charge in [0.25, 0.3) is 5.69 Å². The molecule has 0 saturated carbocycles. The third-order valence-electron chi connectivity index (χ3n) is 4.40. The van der Waals surface area contributed by atoms with Crippen molar-refractivity contribution in [2.75, 3.05) is 18.4 Å². The van der Waals surface area contributed by atoms with E-state index >= 15 is 0 Å². The van der Waals surface area contributed by atoms with Crippen LogP contribution < -0.4 is 5.32 Å². The second kappa shape index (κ2) is 7.94. The van der Waals surface area contributed by atoms with E-state index in [0.29, 0.717) is 5.69 Å². The lowest BCUT2D eigenvalue weighted by Gasteiger charge is -2.33. The van der Waals surface area contributed by atoms with Crippen LogP contribution in [-0.4, -0.2) is 29.0 Å². The zero-order chi connectivity index (χ0) is 16.9. The van der Waals surface area contributed by atoms with Crippen LogP contribution >= 0.6 is 22.6 Å². The van der Waals surface area contributed by atoms with E-state index in [2.05, 4.69) is 57.1 Å². The number of rotatable bonds is 5. The molecule has 6 heteroatoms. The predicted octanol–water partition coefficient (Wildman–Crippen LogP) is 4.28. The van der Waals surface area contributed by atoms with Gasteiger partial charge in [-0.1, -0.05) is 30.3 Å². The lowest BCUT2D eigenvalue weighted by Crippen LogP contribution is -2.38. The van der Waals surface area contributed by atoms with Crippen molar-refractivity contribution in [2.24, 2.45) is 0 Å². The average molecular weight is 437 g/mol. The fourth-order valence-electron chi connectivity index (χ4n) is 3.08. The van der Waals surface area contributed by atoms with Gasteiger partial charge < -0.3 is 5.32 Å². The molecule has 0 aromatic heterocycles. The Hall–Kier alpha value is -1.67. The Morgan fingerprint density at radius 1 is 1.12 bits per heavy atom. The van der Waals surface area contributed by atoms with Crippen LogP contribution in [-0.2, 0) is 6.54 Å². The Labute approximate surface area is 155 Å². The summed E-state index contributed by atoms with van der Waals surface area (Å²) in [6, 6.07) is 15.6. The summed E-state index contributed by atoms with van der Waals surface area (Å²) in [4.78, 5) is 13.2. The molecule has 1 aliphatic rings. The molecule has 1 heterocycles. The van der Waals surface area contributed by atoms with E-state index in [-0.39, 0.29) is 16.7 Å². The molecule has 0 radical (unpaired) electrons. The first-order valence-electron chi connectivity index (χ1n) is 8.09. The molecule has 0 spiro atoms. The Balaban J connectivity index is 1.56. The highest BCUT2D eigenvalue weighted by atomic mass is 127. The number of hydrogen-bond acceptors (Lipinski definition) is 4. The average Bonchev–Trinajstić information content (AvgIpc) is 2.59. The summed E-state index contributed by atoms with van der Waals surface area (Å²) in [6.07, 6.45) is 1.99. The fraction of sp³-hybridized carbons (Fsp3) is 0.333. The summed E-state index contributed by atoms with van der Waals surface area (Å²) in [6.45, 7) is 2.98. The summed E-state index contributed by atoms with van der Waals surface area (Å²) in [7, 11) is 0. The Kier molecular flexibility index (Phi) is 5.68. The maximum absolute atomic E-state index is 11.1. The van der Waals surface area contributed by atoms with Gasteiger partial charge in [0, 0.05) is 35.3 Å². The largest absolute Gasteiger partial charge is 0.377 e. The summed E-state index contributed by atoms with van der Waals surface area (Å²) in [5, 5.41) is 14.5. The van der Waals surface area contributed by atoms with Crippen molar-refractivity contribution in [2.45, 2.75) is 25.4 Å². The first kappa shape index (κ1) is 17.2. The van der Waals surface area contributed by atoms with Crippen LogP contribution in [0.1, 0.15) is 18.4 Å². The van der Waals surface area contributed by atoms with Gasteiger partial charge in [-0.3, -0.25) is 15.0 Å². The van der Waals surface area contributed by atoms with Crippen molar-refractivity contribution in [3.63, 3.8) is 0 Å². The minimum atomic E-state index is -0.325.